The number of rotatable bonds is 2. The van der Waals surface area contributed by atoms with Crippen molar-refractivity contribution in [3.05, 3.63) is 35.5 Å². The van der Waals surface area contributed by atoms with Gasteiger partial charge in [-0.15, -0.1) is 0 Å². The molecule has 0 aliphatic carbocycles. The molecule has 0 spiro atoms. The minimum Gasteiger partial charge on any atom is -0.361 e. The number of hydrogen-bond donors (Lipinski definition) is 2. The van der Waals surface area contributed by atoms with Gasteiger partial charge in [0.05, 0.1) is 0 Å². The van der Waals surface area contributed by atoms with Gasteiger partial charge >= 0.3 is 0 Å². The molecule has 1 aliphatic rings. The summed E-state index contributed by atoms with van der Waals surface area (Å²) in [7, 11) is 0. The highest BCUT2D eigenvalue weighted by atomic mass is 14.9. The van der Waals surface area contributed by atoms with Gasteiger partial charge in [-0.2, -0.15) is 0 Å². The van der Waals surface area contributed by atoms with Crippen LogP contribution in [0.2, 0.25) is 0 Å². The first-order valence-corrected chi connectivity index (χ1v) is 6.69. The Kier molecular flexibility index (Phi) is 2.89. The lowest BCUT2D eigenvalue weighted by Crippen LogP contribution is -2.26. The molecule has 0 unspecified atom stereocenters. The van der Waals surface area contributed by atoms with E-state index in [4.69, 9.17) is 0 Å². The smallest absolute Gasteiger partial charge is 0.0459 e. The van der Waals surface area contributed by atoms with E-state index >= 15 is 0 Å². The molecule has 1 aromatic heterocycles. The Morgan fingerprint density at radius 2 is 2.06 bits per heavy atom. The molecule has 2 aromatic rings. The van der Waals surface area contributed by atoms with E-state index in [9.17, 15) is 0 Å². The number of hydrogen-bond acceptors (Lipinski definition) is 1. The standard InChI is InChI=1S/C15H20N2/c1-2-11-4-3-5-14-15(11)13(10-17-14)12-6-8-16-9-7-12/h3-5,10,12,16-17H,2,6-9H2,1H3. The molecule has 2 heteroatoms. The average Bonchev–Trinajstić information content (AvgIpc) is 2.83. The van der Waals surface area contributed by atoms with Gasteiger partial charge in [-0.1, -0.05) is 19.1 Å². The molecule has 0 atom stereocenters. The molecule has 0 radical (unpaired) electrons. The van der Waals surface area contributed by atoms with Crippen LogP contribution in [0.25, 0.3) is 10.9 Å². The highest BCUT2D eigenvalue weighted by Gasteiger charge is 2.19. The zero-order valence-corrected chi connectivity index (χ0v) is 10.4. The predicted molar refractivity (Wildman–Crippen MR) is 72.5 cm³/mol. The Balaban J connectivity index is 2.09. The third-order valence-electron chi connectivity index (χ3n) is 3.98. The van der Waals surface area contributed by atoms with E-state index in [1.54, 1.807) is 5.56 Å². The van der Waals surface area contributed by atoms with E-state index in [0.29, 0.717) is 0 Å². The Morgan fingerprint density at radius 1 is 1.24 bits per heavy atom. The minimum atomic E-state index is 0.734. The van der Waals surface area contributed by atoms with E-state index in [2.05, 4.69) is 41.6 Å². The Hall–Kier alpha value is -1.28. The van der Waals surface area contributed by atoms with Gasteiger partial charge in [0, 0.05) is 17.1 Å². The maximum absolute atomic E-state index is 3.44. The minimum absolute atomic E-state index is 0.734. The second-order valence-electron chi connectivity index (χ2n) is 4.96. The fourth-order valence-electron chi connectivity index (χ4n) is 3.04. The fourth-order valence-corrected chi connectivity index (χ4v) is 3.04. The summed E-state index contributed by atoms with van der Waals surface area (Å²) in [6.07, 6.45) is 5.89. The van der Waals surface area contributed by atoms with Crippen molar-refractivity contribution in [2.24, 2.45) is 0 Å². The van der Waals surface area contributed by atoms with Gasteiger partial charge in [0.2, 0.25) is 0 Å². The molecule has 2 N–H and O–H groups in total. The largest absolute Gasteiger partial charge is 0.361 e. The number of piperidine rings is 1. The molecular weight excluding hydrogens is 208 g/mol. The second kappa shape index (κ2) is 4.53. The zero-order valence-electron chi connectivity index (χ0n) is 10.4. The van der Waals surface area contributed by atoms with Crippen LogP contribution in [0.15, 0.2) is 24.4 Å². The fraction of sp³-hybridized carbons (Fsp3) is 0.467. The third-order valence-corrected chi connectivity index (χ3v) is 3.98. The van der Waals surface area contributed by atoms with Crippen molar-refractivity contribution in [1.29, 1.82) is 0 Å². The molecule has 2 heterocycles. The quantitative estimate of drug-likeness (QED) is 0.811. The molecule has 1 fully saturated rings. The Labute approximate surface area is 102 Å². The summed E-state index contributed by atoms with van der Waals surface area (Å²) in [6, 6.07) is 6.61. The molecule has 1 aliphatic heterocycles. The van der Waals surface area contributed by atoms with E-state index in [0.717, 1.165) is 25.4 Å². The van der Waals surface area contributed by atoms with E-state index in [1.807, 2.05) is 0 Å². The first-order chi connectivity index (χ1) is 8.40. The van der Waals surface area contributed by atoms with Gasteiger partial charge in [0.1, 0.15) is 0 Å². The van der Waals surface area contributed by atoms with Crippen molar-refractivity contribution in [2.75, 3.05) is 13.1 Å². The van der Waals surface area contributed by atoms with Gasteiger partial charge < -0.3 is 10.3 Å². The van der Waals surface area contributed by atoms with E-state index in [-0.39, 0.29) is 0 Å². The van der Waals surface area contributed by atoms with Crippen molar-refractivity contribution in [3.8, 4) is 0 Å². The van der Waals surface area contributed by atoms with Crippen LogP contribution in [0, 0.1) is 0 Å². The summed E-state index contributed by atoms with van der Waals surface area (Å²) < 4.78 is 0. The number of aromatic nitrogens is 1. The third kappa shape index (κ3) is 1.87. The summed E-state index contributed by atoms with van der Waals surface area (Å²) in [4.78, 5) is 3.44. The Morgan fingerprint density at radius 3 is 2.82 bits per heavy atom. The molecular formula is C15H20N2. The summed E-state index contributed by atoms with van der Waals surface area (Å²) >= 11 is 0. The molecule has 0 bridgehead atoms. The van der Waals surface area contributed by atoms with Crippen LogP contribution >= 0.6 is 0 Å². The Bertz CT molecular complexity index is 507. The van der Waals surface area contributed by atoms with E-state index < -0.39 is 0 Å². The lowest BCUT2D eigenvalue weighted by molar-refractivity contribution is 0.462. The van der Waals surface area contributed by atoms with Crippen LogP contribution in [0.3, 0.4) is 0 Å². The maximum atomic E-state index is 3.44. The molecule has 1 aromatic carbocycles. The second-order valence-corrected chi connectivity index (χ2v) is 4.96. The van der Waals surface area contributed by atoms with Crippen molar-refractivity contribution in [1.82, 2.24) is 10.3 Å². The number of H-pyrrole nitrogens is 1. The molecule has 1 saturated heterocycles. The molecule has 17 heavy (non-hydrogen) atoms. The van der Waals surface area contributed by atoms with Crippen molar-refractivity contribution in [3.63, 3.8) is 0 Å². The van der Waals surface area contributed by atoms with Gasteiger partial charge in [-0.3, -0.25) is 0 Å². The molecule has 0 amide bonds. The number of nitrogens with one attached hydrogen (secondary N) is 2. The van der Waals surface area contributed by atoms with Gasteiger partial charge in [-0.25, -0.2) is 0 Å². The topological polar surface area (TPSA) is 27.8 Å². The number of benzene rings is 1. The van der Waals surface area contributed by atoms with Crippen molar-refractivity contribution < 1.29 is 0 Å². The van der Waals surface area contributed by atoms with Gasteiger partial charge in [0.15, 0.2) is 0 Å². The van der Waals surface area contributed by atoms with Crippen LogP contribution in [0.4, 0.5) is 0 Å². The average molecular weight is 228 g/mol. The van der Waals surface area contributed by atoms with Crippen molar-refractivity contribution in [2.45, 2.75) is 32.1 Å². The summed E-state index contributed by atoms with van der Waals surface area (Å²) in [6.45, 7) is 4.56. The first kappa shape index (κ1) is 10.8. The van der Waals surface area contributed by atoms with E-state index in [1.165, 1.54) is 29.3 Å². The summed E-state index contributed by atoms with van der Waals surface area (Å²) in [5.74, 6) is 0.734. The van der Waals surface area contributed by atoms with Crippen LogP contribution in [-0.2, 0) is 6.42 Å². The molecule has 2 nitrogen and oxygen atoms in total. The maximum Gasteiger partial charge on any atom is 0.0459 e. The summed E-state index contributed by atoms with van der Waals surface area (Å²) in [5.41, 5.74) is 4.33. The lowest BCUT2D eigenvalue weighted by atomic mass is 9.88. The monoisotopic (exact) mass is 228 g/mol. The van der Waals surface area contributed by atoms with Crippen molar-refractivity contribution >= 4 is 10.9 Å². The van der Waals surface area contributed by atoms with Crippen LogP contribution in [-0.4, -0.2) is 18.1 Å². The lowest BCUT2D eigenvalue weighted by Gasteiger charge is -2.22. The number of aromatic amines is 1. The molecule has 90 valence electrons. The molecule has 3 rings (SSSR count). The highest BCUT2D eigenvalue weighted by molar-refractivity contribution is 5.87. The number of fused-ring (bicyclic) bond motifs is 1. The zero-order chi connectivity index (χ0) is 11.7. The first-order valence-electron chi connectivity index (χ1n) is 6.69. The van der Waals surface area contributed by atoms with Crippen LogP contribution in [0.5, 0.6) is 0 Å². The van der Waals surface area contributed by atoms with Gasteiger partial charge in [-0.05, 0) is 55.5 Å². The SMILES string of the molecule is CCc1cccc2[nH]cc(C3CCNCC3)c12. The van der Waals surface area contributed by atoms with Crippen LogP contribution < -0.4 is 5.32 Å². The normalized spacial score (nSPS) is 17.7. The van der Waals surface area contributed by atoms with Gasteiger partial charge in [0.25, 0.3) is 0 Å². The predicted octanol–water partition coefficient (Wildman–Crippen LogP) is 3.20. The summed E-state index contributed by atoms with van der Waals surface area (Å²) in [5, 5.41) is 4.93. The number of aryl methyl sites for hydroxylation is 1. The molecule has 0 saturated carbocycles. The van der Waals surface area contributed by atoms with Crippen LogP contribution in [0.1, 0.15) is 36.8 Å². The highest BCUT2D eigenvalue weighted by Crippen LogP contribution is 2.33.